The number of ether oxygens (including phenoxy) is 1. The van der Waals surface area contributed by atoms with E-state index in [1.807, 2.05) is 24.3 Å². The predicted molar refractivity (Wildman–Crippen MR) is 100 cm³/mol. The first kappa shape index (κ1) is 18.4. The number of rotatable bonds is 6. The molecule has 7 nitrogen and oxygen atoms in total. The van der Waals surface area contributed by atoms with Crippen LogP contribution in [0.25, 0.3) is 0 Å². The molecule has 1 saturated heterocycles. The molecule has 2 N–H and O–H groups in total. The molecular formula is C20H21N3O4. The van der Waals surface area contributed by atoms with E-state index >= 15 is 0 Å². The molecule has 4 amide bonds. The highest BCUT2D eigenvalue weighted by molar-refractivity contribution is 6.10. The number of amides is 4. The normalized spacial score (nSPS) is 19.0. The van der Waals surface area contributed by atoms with Gasteiger partial charge in [0.25, 0.3) is 5.91 Å². The molecule has 1 aliphatic rings. The van der Waals surface area contributed by atoms with Gasteiger partial charge in [0, 0.05) is 12.1 Å². The van der Waals surface area contributed by atoms with Crippen molar-refractivity contribution < 1.29 is 19.1 Å². The molecular weight excluding hydrogens is 346 g/mol. The Balaban J connectivity index is 1.71. The zero-order valence-corrected chi connectivity index (χ0v) is 15.2. The van der Waals surface area contributed by atoms with E-state index in [0.29, 0.717) is 11.4 Å². The summed E-state index contributed by atoms with van der Waals surface area (Å²) in [6, 6.07) is 15.6. The minimum atomic E-state index is -1.14. The van der Waals surface area contributed by atoms with Crippen molar-refractivity contribution >= 4 is 23.5 Å². The van der Waals surface area contributed by atoms with Crippen LogP contribution in [0.2, 0.25) is 0 Å². The van der Waals surface area contributed by atoms with Gasteiger partial charge in [0.2, 0.25) is 5.91 Å². The first-order valence-electron chi connectivity index (χ1n) is 8.54. The SMILES string of the molecule is COc1ccccc1C[C@@]1(C)NC(=O)N(CC(=O)Nc2ccccc2)C1=O. The van der Waals surface area contributed by atoms with Gasteiger partial charge in [0.05, 0.1) is 7.11 Å². The first-order valence-corrected chi connectivity index (χ1v) is 8.54. The van der Waals surface area contributed by atoms with Crippen molar-refractivity contribution in [3.63, 3.8) is 0 Å². The fraction of sp³-hybridized carbons (Fsp3) is 0.250. The van der Waals surface area contributed by atoms with E-state index in [2.05, 4.69) is 10.6 Å². The quantitative estimate of drug-likeness (QED) is 0.766. The maximum absolute atomic E-state index is 12.9. The Labute approximate surface area is 157 Å². The number of carbonyl (C=O) groups excluding carboxylic acids is 3. The topological polar surface area (TPSA) is 87.7 Å². The Kier molecular flexibility index (Phi) is 5.12. The second-order valence-electron chi connectivity index (χ2n) is 6.56. The highest BCUT2D eigenvalue weighted by atomic mass is 16.5. The van der Waals surface area contributed by atoms with Crippen molar-refractivity contribution in [1.29, 1.82) is 0 Å². The summed E-state index contributed by atoms with van der Waals surface area (Å²) in [5, 5.41) is 5.37. The summed E-state index contributed by atoms with van der Waals surface area (Å²) in [5.41, 5.74) is 0.261. The van der Waals surface area contributed by atoms with E-state index in [-0.39, 0.29) is 13.0 Å². The highest BCUT2D eigenvalue weighted by Crippen LogP contribution is 2.27. The number of anilines is 1. The molecule has 3 rings (SSSR count). The van der Waals surface area contributed by atoms with E-state index in [4.69, 9.17) is 4.74 Å². The van der Waals surface area contributed by atoms with Crippen LogP contribution in [0.5, 0.6) is 5.75 Å². The van der Waals surface area contributed by atoms with Gasteiger partial charge >= 0.3 is 6.03 Å². The van der Waals surface area contributed by atoms with Crippen molar-refractivity contribution in [3.05, 3.63) is 60.2 Å². The Morgan fingerprint density at radius 3 is 2.48 bits per heavy atom. The first-order chi connectivity index (χ1) is 12.9. The molecule has 0 radical (unpaired) electrons. The lowest BCUT2D eigenvalue weighted by Crippen LogP contribution is -2.46. The van der Waals surface area contributed by atoms with E-state index in [9.17, 15) is 14.4 Å². The van der Waals surface area contributed by atoms with Crippen LogP contribution in [-0.4, -0.2) is 41.9 Å². The van der Waals surface area contributed by atoms with Gasteiger partial charge in [-0.15, -0.1) is 0 Å². The summed E-state index contributed by atoms with van der Waals surface area (Å²) in [5.74, 6) is -0.242. The average Bonchev–Trinajstić information content (AvgIpc) is 2.86. The Morgan fingerprint density at radius 1 is 1.11 bits per heavy atom. The number of hydrogen-bond donors (Lipinski definition) is 2. The van der Waals surface area contributed by atoms with E-state index < -0.39 is 23.4 Å². The van der Waals surface area contributed by atoms with Gasteiger partial charge in [-0.25, -0.2) is 4.79 Å². The monoisotopic (exact) mass is 367 g/mol. The van der Waals surface area contributed by atoms with Crippen LogP contribution in [0.15, 0.2) is 54.6 Å². The number of nitrogens with zero attached hydrogens (tertiary/aromatic N) is 1. The molecule has 0 bridgehead atoms. The third-order valence-electron chi connectivity index (χ3n) is 4.44. The third-order valence-corrected chi connectivity index (χ3v) is 4.44. The van der Waals surface area contributed by atoms with E-state index in [0.717, 1.165) is 10.5 Å². The van der Waals surface area contributed by atoms with Crippen molar-refractivity contribution in [3.8, 4) is 5.75 Å². The summed E-state index contributed by atoms with van der Waals surface area (Å²) in [7, 11) is 1.55. The summed E-state index contributed by atoms with van der Waals surface area (Å²) in [4.78, 5) is 38.3. The second-order valence-corrected chi connectivity index (χ2v) is 6.56. The molecule has 1 fully saturated rings. The molecule has 0 spiro atoms. The average molecular weight is 367 g/mol. The molecule has 1 heterocycles. The van der Waals surface area contributed by atoms with Gasteiger partial charge in [-0.1, -0.05) is 36.4 Å². The fourth-order valence-corrected chi connectivity index (χ4v) is 3.11. The number of methoxy groups -OCH3 is 1. The molecule has 2 aromatic rings. The number of hydrogen-bond acceptors (Lipinski definition) is 4. The smallest absolute Gasteiger partial charge is 0.325 e. The molecule has 2 aromatic carbocycles. The fourth-order valence-electron chi connectivity index (χ4n) is 3.11. The third kappa shape index (κ3) is 3.92. The highest BCUT2D eigenvalue weighted by Gasteiger charge is 2.48. The summed E-state index contributed by atoms with van der Waals surface area (Å²) in [6.45, 7) is 1.30. The van der Waals surface area contributed by atoms with Crippen LogP contribution in [0, 0.1) is 0 Å². The van der Waals surface area contributed by atoms with Crippen LogP contribution in [0.3, 0.4) is 0 Å². The number of imide groups is 1. The molecule has 0 saturated carbocycles. The van der Waals surface area contributed by atoms with Gasteiger partial charge in [-0.3, -0.25) is 14.5 Å². The zero-order chi connectivity index (χ0) is 19.4. The molecule has 0 aromatic heterocycles. The Bertz CT molecular complexity index is 869. The van der Waals surface area contributed by atoms with Crippen molar-refractivity contribution in [2.75, 3.05) is 19.0 Å². The van der Waals surface area contributed by atoms with Gasteiger partial charge in [0.15, 0.2) is 0 Å². The Hall–Kier alpha value is -3.35. The lowest BCUT2D eigenvalue weighted by Gasteiger charge is -2.22. The molecule has 27 heavy (non-hydrogen) atoms. The Morgan fingerprint density at radius 2 is 1.78 bits per heavy atom. The molecule has 0 unspecified atom stereocenters. The summed E-state index contributed by atoms with van der Waals surface area (Å²) < 4.78 is 5.32. The van der Waals surface area contributed by atoms with Gasteiger partial charge in [-0.05, 0) is 30.7 Å². The lowest BCUT2D eigenvalue weighted by atomic mass is 9.92. The summed E-state index contributed by atoms with van der Waals surface area (Å²) in [6.07, 6.45) is 0.262. The van der Waals surface area contributed by atoms with Crippen LogP contribution in [0.4, 0.5) is 10.5 Å². The van der Waals surface area contributed by atoms with Crippen molar-refractivity contribution in [1.82, 2.24) is 10.2 Å². The largest absolute Gasteiger partial charge is 0.496 e. The zero-order valence-electron chi connectivity index (χ0n) is 15.2. The second kappa shape index (κ2) is 7.49. The van der Waals surface area contributed by atoms with Crippen molar-refractivity contribution in [2.45, 2.75) is 18.9 Å². The molecule has 1 atom stereocenters. The van der Waals surface area contributed by atoms with E-state index in [1.165, 1.54) is 0 Å². The van der Waals surface area contributed by atoms with Crippen LogP contribution in [-0.2, 0) is 16.0 Å². The number of urea groups is 1. The van der Waals surface area contributed by atoms with Gasteiger partial charge in [-0.2, -0.15) is 0 Å². The minimum Gasteiger partial charge on any atom is -0.496 e. The number of carbonyl (C=O) groups is 3. The minimum absolute atomic E-state index is 0.262. The molecule has 0 aliphatic carbocycles. The van der Waals surface area contributed by atoms with Crippen LogP contribution >= 0.6 is 0 Å². The van der Waals surface area contributed by atoms with Crippen molar-refractivity contribution in [2.24, 2.45) is 0 Å². The number of para-hydroxylation sites is 2. The maximum atomic E-state index is 12.9. The number of nitrogens with one attached hydrogen (secondary N) is 2. The summed E-state index contributed by atoms with van der Waals surface area (Å²) >= 11 is 0. The van der Waals surface area contributed by atoms with E-state index in [1.54, 1.807) is 44.4 Å². The predicted octanol–water partition coefficient (Wildman–Crippen LogP) is 2.19. The molecule has 1 aliphatic heterocycles. The van der Waals surface area contributed by atoms with Crippen LogP contribution < -0.4 is 15.4 Å². The van der Waals surface area contributed by atoms with Crippen LogP contribution in [0.1, 0.15) is 12.5 Å². The lowest BCUT2D eigenvalue weighted by molar-refractivity contribution is -0.133. The van der Waals surface area contributed by atoms with Gasteiger partial charge < -0.3 is 15.4 Å². The number of benzene rings is 2. The standard InChI is InChI=1S/C20H21N3O4/c1-20(12-14-8-6-7-11-16(14)27-2)18(25)23(19(26)22-20)13-17(24)21-15-9-4-3-5-10-15/h3-11H,12-13H2,1-2H3,(H,21,24)(H,22,26)/t20-/m1/s1. The van der Waals surface area contributed by atoms with Gasteiger partial charge in [0.1, 0.15) is 17.8 Å². The molecule has 140 valence electrons. The maximum Gasteiger partial charge on any atom is 0.325 e. The molecule has 7 heteroatoms.